The molecule has 1 heterocycles. The van der Waals surface area contributed by atoms with E-state index in [0.29, 0.717) is 5.56 Å². The first-order valence-corrected chi connectivity index (χ1v) is 4.11. The zero-order valence-electron chi connectivity index (χ0n) is 7.70. The fourth-order valence-electron chi connectivity index (χ4n) is 0.951. The molecule has 0 aliphatic carbocycles. The highest BCUT2D eigenvalue weighted by Gasteiger charge is 2.05. The lowest BCUT2D eigenvalue weighted by Gasteiger charge is -2.06. The summed E-state index contributed by atoms with van der Waals surface area (Å²) in [5.41, 5.74) is 1.43. The standard InChI is InChI=1S/C9H11F2NO2/c1-6-2-9(14-5-8(10)11)12-3-7(6)4-13/h2-3,8,13H,4-5H2,1H3. The Morgan fingerprint density at radius 2 is 2.29 bits per heavy atom. The second kappa shape index (κ2) is 4.85. The second-order valence-corrected chi connectivity index (χ2v) is 2.81. The number of aliphatic hydroxyl groups is 1. The van der Waals surface area contributed by atoms with E-state index >= 15 is 0 Å². The highest BCUT2D eigenvalue weighted by atomic mass is 19.3. The minimum atomic E-state index is -2.50. The lowest BCUT2D eigenvalue weighted by molar-refractivity contribution is 0.0795. The molecule has 1 aromatic heterocycles. The number of aryl methyl sites for hydroxylation is 1. The number of halogens is 2. The summed E-state index contributed by atoms with van der Waals surface area (Å²) in [5.74, 6) is 0.153. The van der Waals surface area contributed by atoms with Gasteiger partial charge in [0.05, 0.1) is 6.61 Å². The van der Waals surface area contributed by atoms with Crippen LogP contribution in [0.4, 0.5) is 8.78 Å². The number of hydrogen-bond acceptors (Lipinski definition) is 3. The molecule has 3 nitrogen and oxygen atoms in total. The minimum absolute atomic E-state index is 0.117. The van der Waals surface area contributed by atoms with E-state index in [0.717, 1.165) is 5.56 Å². The van der Waals surface area contributed by atoms with E-state index in [-0.39, 0.29) is 12.5 Å². The maximum Gasteiger partial charge on any atom is 0.272 e. The number of pyridine rings is 1. The predicted octanol–water partition coefficient (Wildman–Crippen LogP) is 1.53. The van der Waals surface area contributed by atoms with Gasteiger partial charge in [-0.25, -0.2) is 13.8 Å². The summed E-state index contributed by atoms with van der Waals surface area (Å²) in [6, 6.07) is 1.52. The number of aromatic nitrogens is 1. The first kappa shape index (κ1) is 10.8. The van der Waals surface area contributed by atoms with Crippen LogP contribution in [0.5, 0.6) is 5.88 Å². The molecule has 0 aliphatic heterocycles. The average Bonchev–Trinajstić information content (AvgIpc) is 2.15. The van der Waals surface area contributed by atoms with Crippen LogP contribution in [0.3, 0.4) is 0 Å². The number of aliphatic hydroxyl groups excluding tert-OH is 1. The number of ether oxygens (including phenoxy) is 1. The Bertz CT molecular complexity index is 305. The SMILES string of the molecule is Cc1cc(OCC(F)F)ncc1CO. The van der Waals surface area contributed by atoms with E-state index in [2.05, 4.69) is 4.98 Å². The van der Waals surface area contributed by atoms with Crippen LogP contribution in [0.25, 0.3) is 0 Å². The Morgan fingerprint density at radius 3 is 2.79 bits per heavy atom. The van der Waals surface area contributed by atoms with E-state index in [1.807, 2.05) is 0 Å². The van der Waals surface area contributed by atoms with Gasteiger partial charge >= 0.3 is 0 Å². The smallest absolute Gasteiger partial charge is 0.272 e. The van der Waals surface area contributed by atoms with E-state index < -0.39 is 13.0 Å². The Hall–Kier alpha value is -1.23. The van der Waals surface area contributed by atoms with E-state index in [4.69, 9.17) is 9.84 Å². The van der Waals surface area contributed by atoms with Crippen molar-refractivity contribution in [3.63, 3.8) is 0 Å². The van der Waals surface area contributed by atoms with Crippen molar-refractivity contribution in [2.24, 2.45) is 0 Å². The molecule has 0 spiro atoms. The molecule has 0 atom stereocenters. The van der Waals surface area contributed by atoms with Gasteiger partial charge in [0.1, 0.15) is 0 Å². The molecule has 0 fully saturated rings. The molecule has 5 heteroatoms. The summed E-state index contributed by atoms with van der Waals surface area (Å²) in [7, 11) is 0. The van der Waals surface area contributed by atoms with Gasteiger partial charge in [0.25, 0.3) is 6.43 Å². The van der Waals surface area contributed by atoms with Crippen LogP contribution < -0.4 is 4.74 Å². The molecule has 78 valence electrons. The van der Waals surface area contributed by atoms with Crippen molar-refractivity contribution in [1.82, 2.24) is 4.98 Å². The third-order valence-electron chi connectivity index (χ3n) is 1.72. The van der Waals surface area contributed by atoms with Crippen molar-refractivity contribution >= 4 is 0 Å². The summed E-state index contributed by atoms with van der Waals surface area (Å²) in [5, 5.41) is 8.83. The molecule has 1 N–H and O–H groups in total. The zero-order chi connectivity index (χ0) is 10.6. The molecular weight excluding hydrogens is 192 g/mol. The molecule has 0 aliphatic rings. The molecule has 0 amide bonds. The summed E-state index contributed by atoms with van der Waals surface area (Å²) >= 11 is 0. The zero-order valence-corrected chi connectivity index (χ0v) is 7.70. The highest BCUT2D eigenvalue weighted by Crippen LogP contribution is 2.14. The van der Waals surface area contributed by atoms with Crippen LogP contribution in [-0.2, 0) is 6.61 Å². The lowest BCUT2D eigenvalue weighted by atomic mass is 10.2. The molecule has 0 radical (unpaired) electrons. The van der Waals surface area contributed by atoms with Gasteiger partial charge in [-0.15, -0.1) is 0 Å². The molecule has 14 heavy (non-hydrogen) atoms. The molecule has 1 aromatic rings. The third-order valence-corrected chi connectivity index (χ3v) is 1.72. The molecule has 1 rings (SSSR count). The van der Waals surface area contributed by atoms with E-state index in [1.54, 1.807) is 6.92 Å². The van der Waals surface area contributed by atoms with Gasteiger partial charge in [0.2, 0.25) is 5.88 Å². The summed E-state index contributed by atoms with van der Waals surface area (Å²) in [6.07, 6.45) is -1.09. The highest BCUT2D eigenvalue weighted by molar-refractivity contribution is 5.27. The lowest BCUT2D eigenvalue weighted by Crippen LogP contribution is -2.08. The second-order valence-electron chi connectivity index (χ2n) is 2.81. The molecule has 0 saturated carbocycles. The van der Waals surface area contributed by atoms with E-state index in [1.165, 1.54) is 12.3 Å². The Labute approximate surface area is 80.3 Å². The topological polar surface area (TPSA) is 42.4 Å². The van der Waals surface area contributed by atoms with Crippen molar-refractivity contribution in [2.75, 3.05) is 6.61 Å². The van der Waals surface area contributed by atoms with Crippen LogP contribution in [-0.4, -0.2) is 23.1 Å². The molecule has 0 aromatic carbocycles. The van der Waals surface area contributed by atoms with Crippen LogP contribution in [0.1, 0.15) is 11.1 Å². The van der Waals surface area contributed by atoms with Gasteiger partial charge in [-0.05, 0) is 18.1 Å². The average molecular weight is 203 g/mol. The maximum atomic E-state index is 11.8. The van der Waals surface area contributed by atoms with Gasteiger partial charge < -0.3 is 9.84 Å². The maximum absolute atomic E-state index is 11.8. The third kappa shape index (κ3) is 2.92. The van der Waals surface area contributed by atoms with Crippen LogP contribution in [0, 0.1) is 6.92 Å². The molecule has 0 bridgehead atoms. The van der Waals surface area contributed by atoms with Crippen LogP contribution in [0.15, 0.2) is 12.3 Å². The number of nitrogens with zero attached hydrogens (tertiary/aromatic N) is 1. The fourth-order valence-corrected chi connectivity index (χ4v) is 0.951. The van der Waals surface area contributed by atoms with Crippen molar-refractivity contribution in [3.8, 4) is 5.88 Å². The van der Waals surface area contributed by atoms with Gasteiger partial charge in [-0.2, -0.15) is 0 Å². The number of alkyl halides is 2. The monoisotopic (exact) mass is 203 g/mol. The van der Waals surface area contributed by atoms with Crippen LogP contribution in [0.2, 0.25) is 0 Å². The van der Waals surface area contributed by atoms with Crippen molar-refractivity contribution in [1.29, 1.82) is 0 Å². The summed E-state index contributed by atoms with van der Waals surface area (Å²) < 4.78 is 28.3. The van der Waals surface area contributed by atoms with Gasteiger partial charge in [0.15, 0.2) is 6.61 Å². The first-order chi connectivity index (χ1) is 6.63. The van der Waals surface area contributed by atoms with E-state index in [9.17, 15) is 8.78 Å². The number of rotatable bonds is 4. The molecular formula is C9H11F2NO2. The van der Waals surface area contributed by atoms with Crippen molar-refractivity contribution in [3.05, 3.63) is 23.4 Å². The Morgan fingerprint density at radius 1 is 1.57 bits per heavy atom. The fraction of sp³-hybridized carbons (Fsp3) is 0.444. The summed E-state index contributed by atoms with van der Waals surface area (Å²) in [6.45, 7) is 0.974. The van der Waals surface area contributed by atoms with Crippen LogP contribution >= 0.6 is 0 Å². The Balaban J connectivity index is 2.66. The normalized spacial score (nSPS) is 10.6. The molecule has 0 saturated heterocycles. The first-order valence-electron chi connectivity index (χ1n) is 4.11. The largest absolute Gasteiger partial charge is 0.472 e. The summed E-state index contributed by atoms with van der Waals surface area (Å²) in [4.78, 5) is 3.77. The predicted molar refractivity (Wildman–Crippen MR) is 46.4 cm³/mol. The quantitative estimate of drug-likeness (QED) is 0.806. The van der Waals surface area contributed by atoms with Gasteiger partial charge in [-0.1, -0.05) is 0 Å². The molecule has 0 unspecified atom stereocenters. The van der Waals surface area contributed by atoms with Crippen molar-refractivity contribution < 1.29 is 18.6 Å². The Kier molecular flexibility index (Phi) is 3.76. The van der Waals surface area contributed by atoms with Gasteiger partial charge in [0, 0.05) is 12.3 Å². The van der Waals surface area contributed by atoms with Crippen molar-refractivity contribution in [2.45, 2.75) is 20.0 Å². The minimum Gasteiger partial charge on any atom is -0.472 e. The van der Waals surface area contributed by atoms with Gasteiger partial charge in [-0.3, -0.25) is 0 Å². The number of hydrogen-bond donors (Lipinski definition) is 1.